The lowest BCUT2D eigenvalue weighted by atomic mass is 10.1. The number of thioether (sulfide) groups is 1. The number of non-ortho nitro benzene ring substituents is 1. The summed E-state index contributed by atoms with van der Waals surface area (Å²) < 4.78 is 5.71. The highest BCUT2D eigenvalue weighted by atomic mass is 32.2. The number of amides is 1. The number of nitro benzene ring substituents is 1. The van der Waals surface area contributed by atoms with Crippen molar-refractivity contribution in [3.63, 3.8) is 0 Å². The number of carbonyl (C=O) groups excluding carboxylic acids is 1. The molecule has 11 heteroatoms. The molecule has 32 heavy (non-hydrogen) atoms. The van der Waals surface area contributed by atoms with E-state index in [1.807, 2.05) is 31.2 Å². The van der Waals surface area contributed by atoms with Crippen LogP contribution in [0.2, 0.25) is 0 Å². The van der Waals surface area contributed by atoms with Crippen LogP contribution in [0.4, 0.5) is 10.8 Å². The summed E-state index contributed by atoms with van der Waals surface area (Å²) >= 11 is 2.39. The highest BCUT2D eigenvalue weighted by molar-refractivity contribution is 8.00. The SMILES string of the molecule is Cc1ccccc1-c1nnc(SC(C)C(=O)Nc2nc(-c3cccc([N+](=O)[O-])c3)cs2)o1. The number of nitrogens with one attached hydrogen (secondary N) is 1. The Kier molecular flexibility index (Phi) is 6.28. The predicted molar refractivity (Wildman–Crippen MR) is 123 cm³/mol. The van der Waals surface area contributed by atoms with Gasteiger partial charge in [0.2, 0.25) is 11.8 Å². The molecule has 0 aliphatic heterocycles. The minimum absolute atomic E-state index is 0.0178. The van der Waals surface area contributed by atoms with Crippen molar-refractivity contribution >= 4 is 39.8 Å². The number of thiazole rings is 1. The Labute approximate surface area is 191 Å². The van der Waals surface area contributed by atoms with E-state index in [0.717, 1.165) is 22.9 Å². The first-order chi connectivity index (χ1) is 15.4. The summed E-state index contributed by atoms with van der Waals surface area (Å²) in [7, 11) is 0. The number of aryl methyl sites for hydroxylation is 1. The Bertz CT molecular complexity index is 1290. The van der Waals surface area contributed by atoms with Gasteiger partial charge >= 0.3 is 0 Å². The first kappa shape index (κ1) is 21.7. The minimum atomic E-state index is -0.509. The second-order valence-electron chi connectivity index (χ2n) is 6.78. The molecule has 0 radical (unpaired) electrons. The summed E-state index contributed by atoms with van der Waals surface area (Å²) in [6.45, 7) is 3.69. The van der Waals surface area contributed by atoms with E-state index in [1.165, 1.54) is 23.5 Å². The average Bonchev–Trinajstić information content (AvgIpc) is 3.44. The van der Waals surface area contributed by atoms with Crippen LogP contribution in [0.25, 0.3) is 22.7 Å². The number of rotatable bonds is 7. The van der Waals surface area contributed by atoms with Crippen molar-refractivity contribution in [3.8, 4) is 22.7 Å². The molecule has 9 nitrogen and oxygen atoms in total. The molecule has 0 aliphatic carbocycles. The highest BCUT2D eigenvalue weighted by Gasteiger charge is 2.20. The van der Waals surface area contributed by atoms with E-state index in [9.17, 15) is 14.9 Å². The topological polar surface area (TPSA) is 124 Å². The summed E-state index contributed by atoms with van der Waals surface area (Å²) in [6, 6.07) is 13.9. The van der Waals surface area contributed by atoms with Gasteiger partial charge in [-0.2, -0.15) is 0 Å². The molecule has 2 heterocycles. The van der Waals surface area contributed by atoms with E-state index in [1.54, 1.807) is 24.4 Å². The fraction of sp³-hybridized carbons (Fsp3) is 0.143. The monoisotopic (exact) mass is 467 g/mol. The second kappa shape index (κ2) is 9.28. The highest BCUT2D eigenvalue weighted by Crippen LogP contribution is 2.30. The van der Waals surface area contributed by atoms with Crippen LogP contribution < -0.4 is 5.32 Å². The van der Waals surface area contributed by atoms with Crippen LogP contribution in [0.3, 0.4) is 0 Å². The van der Waals surface area contributed by atoms with Crippen molar-refractivity contribution in [2.24, 2.45) is 0 Å². The Hall–Kier alpha value is -3.57. The molecule has 2 aromatic carbocycles. The van der Waals surface area contributed by atoms with Crippen molar-refractivity contribution in [3.05, 3.63) is 69.6 Å². The summed E-state index contributed by atoms with van der Waals surface area (Å²) in [6.07, 6.45) is 0. The van der Waals surface area contributed by atoms with Crippen molar-refractivity contribution in [2.45, 2.75) is 24.3 Å². The molecular weight excluding hydrogens is 450 g/mol. The zero-order valence-electron chi connectivity index (χ0n) is 17.0. The molecule has 0 spiro atoms. The van der Waals surface area contributed by atoms with E-state index in [4.69, 9.17) is 4.42 Å². The Morgan fingerprint density at radius 2 is 2.03 bits per heavy atom. The first-order valence-electron chi connectivity index (χ1n) is 9.48. The Morgan fingerprint density at radius 1 is 1.22 bits per heavy atom. The molecule has 1 atom stereocenters. The van der Waals surface area contributed by atoms with Crippen molar-refractivity contribution in [1.82, 2.24) is 15.2 Å². The smallest absolute Gasteiger partial charge is 0.277 e. The van der Waals surface area contributed by atoms with E-state index in [-0.39, 0.29) is 11.6 Å². The van der Waals surface area contributed by atoms with Crippen molar-refractivity contribution in [2.75, 3.05) is 5.32 Å². The molecule has 0 bridgehead atoms. The van der Waals surface area contributed by atoms with Crippen LogP contribution in [-0.2, 0) is 4.79 Å². The number of aromatic nitrogens is 3. The summed E-state index contributed by atoms with van der Waals surface area (Å²) in [5.41, 5.74) is 3.00. The number of hydrogen-bond donors (Lipinski definition) is 1. The average molecular weight is 468 g/mol. The maximum atomic E-state index is 12.6. The molecule has 0 fully saturated rings. The van der Waals surface area contributed by atoms with Gasteiger partial charge in [0.05, 0.1) is 15.9 Å². The number of carbonyl (C=O) groups is 1. The van der Waals surface area contributed by atoms with E-state index < -0.39 is 10.2 Å². The Balaban J connectivity index is 1.40. The predicted octanol–water partition coefficient (Wildman–Crippen LogP) is 5.20. The molecule has 1 N–H and O–H groups in total. The van der Waals surface area contributed by atoms with Gasteiger partial charge in [-0.25, -0.2) is 4.98 Å². The molecule has 1 unspecified atom stereocenters. The van der Waals surface area contributed by atoms with E-state index >= 15 is 0 Å². The number of nitro groups is 1. The maximum Gasteiger partial charge on any atom is 0.277 e. The van der Waals surface area contributed by atoms with Crippen LogP contribution in [0.5, 0.6) is 0 Å². The van der Waals surface area contributed by atoms with E-state index in [2.05, 4.69) is 20.5 Å². The van der Waals surface area contributed by atoms with Crippen LogP contribution in [0.1, 0.15) is 12.5 Å². The molecule has 4 aromatic rings. The van der Waals surface area contributed by atoms with E-state index in [0.29, 0.717) is 27.5 Å². The Morgan fingerprint density at radius 3 is 2.81 bits per heavy atom. The van der Waals surface area contributed by atoms with Gasteiger partial charge in [-0.05, 0) is 25.5 Å². The molecular formula is C21H17N5O4S2. The number of nitrogens with zero attached hydrogens (tertiary/aromatic N) is 4. The molecule has 1 amide bonds. The normalized spacial score (nSPS) is 11.8. The third-order valence-corrected chi connectivity index (χ3v) is 6.21. The molecule has 0 saturated carbocycles. The van der Waals surface area contributed by atoms with Crippen LogP contribution in [-0.4, -0.2) is 31.3 Å². The lowest BCUT2D eigenvalue weighted by Gasteiger charge is -2.07. The summed E-state index contributed by atoms with van der Waals surface area (Å²) in [5.74, 6) is 0.130. The van der Waals surface area contributed by atoms with Gasteiger partial charge in [-0.15, -0.1) is 21.5 Å². The van der Waals surface area contributed by atoms with Gasteiger partial charge in [-0.3, -0.25) is 14.9 Å². The van der Waals surface area contributed by atoms with Gasteiger partial charge < -0.3 is 9.73 Å². The molecule has 2 aromatic heterocycles. The van der Waals surface area contributed by atoms with Gasteiger partial charge in [0.25, 0.3) is 10.9 Å². The first-order valence-corrected chi connectivity index (χ1v) is 11.2. The molecule has 0 saturated heterocycles. The number of hydrogen-bond acceptors (Lipinski definition) is 9. The van der Waals surface area contributed by atoms with Crippen LogP contribution in [0, 0.1) is 17.0 Å². The molecule has 4 rings (SSSR count). The number of benzene rings is 2. The quantitative estimate of drug-likeness (QED) is 0.223. The molecule has 0 aliphatic rings. The third-order valence-electron chi connectivity index (χ3n) is 4.52. The lowest BCUT2D eigenvalue weighted by molar-refractivity contribution is -0.384. The van der Waals surface area contributed by atoms with Gasteiger partial charge in [-0.1, -0.05) is 42.1 Å². The van der Waals surface area contributed by atoms with Crippen LogP contribution in [0.15, 0.2) is 63.6 Å². The second-order valence-corrected chi connectivity index (χ2v) is 8.93. The zero-order valence-corrected chi connectivity index (χ0v) is 18.6. The fourth-order valence-corrected chi connectivity index (χ4v) is 4.24. The lowest BCUT2D eigenvalue weighted by Crippen LogP contribution is -2.22. The van der Waals surface area contributed by atoms with Gasteiger partial charge in [0.15, 0.2) is 5.13 Å². The number of anilines is 1. The van der Waals surface area contributed by atoms with Crippen LogP contribution >= 0.6 is 23.1 Å². The van der Waals surface area contributed by atoms with Gasteiger partial charge in [0.1, 0.15) is 0 Å². The van der Waals surface area contributed by atoms with Crippen molar-refractivity contribution < 1.29 is 14.1 Å². The zero-order chi connectivity index (χ0) is 22.7. The fourth-order valence-electron chi connectivity index (χ4n) is 2.83. The minimum Gasteiger partial charge on any atom is -0.411 e. The maximum absolute atomic E-state index is 12.6. The summed E-state index contributed by atoms with van der Waals surface area (Å²) in [4.78, 5) is 27.5. The van der Waals surface area contributed by atoms with Gasteiger partial charge in [0, 0.05) is 28.6 Å². The largest absolute Gasteiger partial charge is 0.411 e. The third kappa shape index (κ3) is 4.84. The summed E-state index contributed by atoms with van der Waals surface area (Å²) in [5, 5.41) is 23.7. The van der Waals surface area contributed by atoms with Crippen molar-refractivity contribution in [1.29, 1.82) is 0 Å². The molecule has 162 valence electrons. The standard InChI is InChI=1S/C21H17N5O4S2/c1-12-6-3-4-9-16(12)19-24-25-21(30-19)32-13(2)18(27)23-20-22-17(11-31-20)14-7-5-8-15(10-14)26(28)29/h3-11,13H,1-2H3,(H,22,23,27).